The summed E-state index contributed by atoms with van der Waals surface area (Å²) in [7, 11) is 0. The molecule has 8 nitrogen and oxygen atoms in total. The van der Waals surface area contributed by atoms with Crippen LogP contribution in [0.2, 0.25) is 0 Å². The molecular weight excluding hydrogens is 478 g/mol. The molecule has 38 heavy (non-hydrogen) atoms. The molecule has 0 spiro atoms. The molecule has 4 rings (SSSR count). The monoisotopic (exact) mass is 513 g/mol. The second-order valence-electron chi connectivity index (χ2n) is 10.00. The van der Waals surface area contributed by atoms with Gasteiger partial charge in [-0.2, -0.15) is 0 Å². The number of nitrogens with one attached hydrogen (secondary N) is 4. The molecule has 0 saturated carbocycles. The number of amides is 3. The van der Waals surface area contributed by atoms with Crippen molar-refractivity contribution >= 4 is 39.4 Å². The molecule has 0 radical (unpaired) electrons. The molecule has 3 amide bonds. The first-order valence-corrected chi connectivity index (χ1v) is 12.9. The molecule has 8 heteroatoms. The number of rotatable bonds is 10. The Morgan fingerprint density at radius 1 is 0.789 bits per heavy atom. The number of carbonyl (C=O) groups excluding carboxylic acids is 3. The third-order valence-corrected chi connectivity index (χ3v) is 6.75. The Morgan fingerprint density at radius 2 is 1.47 bits per heavy atom. The number of aromatic nitrogens is 1. The van der Waals surface area contributed by atoms with E-state index < -0.39 is 30.1 Å². The van der Waals surface area contributed by atoms with Gasteiger partial charge in [-0.15, -0.1) is 0 Å². The zero-order chi connectivity index (χ0) is 27.2. The van der Waals surface area contributed by atoms with Crippen LogP contribution in [0.3, 0.4) is 0 Å². The summed E-state index contributed by atoms with van der Waals surface area (Å²) < 4.78 is 0. The fourth-order valence-corrected chi connectivity index (χ4v) is 4.65. The van der Waals surface area contributed by atoms with Crippen molar-refractivity contribution in [2.45, 2.75) is 51.9 Å². The Hall–Kier alpha value is -4.17. The van der Waals surface area contributed by atoms with E-state index in [1.807, 2.05) is 86.8 Å². The number of benzene rings is 3. The van der Waals surface area contributed by atoms with Gasteiger partial charge in [-0.1, -0.05) is 74.5 Å². The maximum Gasteiger partial charge on any atom is 0.244 e. The molecule has 1 unspecified atom stereocenters. The van der Waals surface area contributed by atoms with Crippen LogP contribution in [-0.2, 0) is 27.2 Å². The number of hydrogen-bond acceptors (Lipinski definition) is 4. The van der Waals surface area contributed by atoms with E-state index in [2.05, 4.69) is 20.9 Å². The highest BCUT2D eigenvalue weighted by Gasteiger charge is 2.28. The number of para-hydroxylation sites is 1. The van der Waals surface area contributed by atoms with Crippen molar-refractivity contribution in [3.8, 4) is 0 Å². The number of nitrogens with two attached hydrogens (primary N) is 1. The van der Waals surface area contributed by atoms with Crippen molar-refractivity contribution in [1.82, 2.24) is 20.9 Å². The number of carbonyl (C=O) groups is 3. The smallest absolute Gasteiger partial charge is 0.244 e. The lowest BCUT2D eigenvalue weighted by molar-refractivity contribution is -0.131. The fourth-order valence-electron chi connectivity index (χ4n) is 4.65. The zero-order valence-corrected chi connectivity index (χ0v) is 22.0. The lowest BCUT2D eigenvalue weighted by Gasteiger charge is -2.26. The molecule has 3 atom stereocenters. The first-order chi connectivity index (χ1) is 18.2. The summed E-state index contributed by atoms with van der Waals surface area (Å²) in [4.78, 5) is 41.8. The average Bonchev–Trinajstić information content (AvgIpc) is 3.30. The van der Waals surface area contributed by atoms with Crippen LogP contribution in [0.15, 0.2) is 72.9 Å². The normalized spacial score (nSPS) is 13.7. The lowest BCUT2D eigenvalue weighted by atomic mass is 9.97. The van der Waals surface area contributed by atoms with Crippen molar-refractivity contribution in [2.75, 3.05) is 0 Å². The number of hydrogen-bond donors (Lipinski definition) is 5. The van der Waals surface area contributed by atoms with Gasteiger partial charge in [0.2, 0.25) is 17.7 Å². The van der Waals surface area contributed by atoms with E-state index in [9.17, 15) is 14.4 Å². The van der Waals surface area contributed by atoms with Crippen LogP contribution in [0.1, 0.15) is 31.9 Å². The molecule has 1 heterocycles. The van der Waals surface area contributed by atoms with Gasteiger partial charge in [0.25, 0.3) is 0 Å². The van der Waals surface area contributed by atoms with E-state index in [0.717, 1.165) is 32.8 Å². The Kier molecular flexibility index (Phi) is 8.43. The van der Waals surface area contributed by atoms with Crippen molar-refractivity contribution in [2.24, 2.45) is 11.7 Å². The minimum Gasteiger partial charge on any atom is -0.361 e. The number of H-pyrrole nitrogens is 1. The van der Waals surface area contributed by atoms with Crippen molar-refractivity contribution < 1.29 is 14.4 Å². The fraction of sp³-hybridized carbons (Fsp3) is 0.300. The van der Waals surface area contributed by atoms with Gasteiger partial charge in [-0.3, -0.25) is 14.4 Å². The maximum atomic E-state index is 13.7. The third kappa shape index (κ3) is 6.39. The van der Waals surface area contributed by atoms with Gasteiger partial charge >= 0.3 is 0 Å². The first kappa shape index (κ1) is 26.9. The summed E-state index contributed by atoms with van der Waals surface area (Å²) in [6.45, 7) is 5.13. The zero-order valence-electron chi connectivity index (χ0n) is 22.0. The highest BCUT2D eigenvalue weighted by atomic mass is 16.2. The molecule has 6 N–H and O–H groups in total. The van der Waals surface area contributed by atoms with E-state index in [1.165, 1.54) is 6.92 Å². The average molecular weight is 514 g/mol. The van der Waals surface area contributed by atoms with Crippen LogP contribution in [0, 0.1) is 5.92 Å². The van der Waals surface area contributed by atoms with Gasteiger partial charge in [-0.25, -0.2) is 0 Å². The minimum atomic E-state index is -0.891. The van der Waals surface area contributed by atoms with Crippen molar-refractivity contribution in [1.29, 1.82) is 0 Å². The molecule has 198 valence electrons. The molecule has 3 aromatic carbocycles. The van der Waals surface area contributed by atoms with E-state index >= 15 is 0 Å². The summed E-state index contributed by atoms with van der Waals surface area (Å²) in [5.41, 5.74) is 8.95. The summed E-state index contributed by atoms with van der Waals surface area (Å²) in [5.74, 6) is -1.16. The Bertz CT molecular complexity index is 1440. The number of aromatic amines is 1. The molecule has 0 saturated heterocycles. The number of fused-ring (bicyclic) bond motifs is 2. The maximum absolute atomic E-state index is 13.7. The second-order valence-corrected chi connectivity index (χ2v) is 10.00. The summed E-state index contributed by atoms with van der Waals surface area (Å²) in [6.07, 6.45) is 1.84. The summed E-state index contributed by atoms with van der Waals surface area (Å²) in [6, 6.07) is 20.0. The molecular formula is C30H35N5O3. The van der Waals surface area contributed by atoms with E-state index in [1.54, 1.807) is 0 Å². The third-order valence-electron chi connectivity index (χ3n) is 6.75. The lowest BCUT2D eigenvalue weighted by Crippen LogP contribution is -2.58. The highest BCUT2D eigenvalue weighted by Crippen LogP contribution is 2.21. The Morgan fingerprint density at radius 3 is 2.21 bits per heavy atom. The van der Waals surface area contributed by atoms with E-state index in [0.29, 0.717) is 6.42 Å². The molecule has 0 fully saturated rings. The Balaban J connectivity index is 1.60. The predicted octanol–water partition coefficient (Wildman–Crippen LogP) is 3.15. The molecule has 0 bridgehead atoms. The first-order valence-electron chi connectivity index (χ1n) is 12.9. The van der Waals surface area contributed by atoms with Crippen molar-refractivity contribution in [3.05, 3.63) is 84.1 Å². The Labute approximate surface area is 222 Å². The topological polar surface area (TPSA) is 129 Å². The standard InChI is InChI=1S/C30H35N5O3/c1-18(2)28(31)30(38)34-26(15-21-11-8-10-20-9-4-5-12-23(20)21)29(37)35-27(33-19(3)36)16-22-17-32-25-14-7-6-13-24(22)25/h4-14,17-18,26-28,32H,15-16,31H2,1-3H3,(H,33,36)(H,34,38)(H,35,37)/t26-,27-,28?/m1/s1. The SMILES string of the molecule is CC(=O)N[C@@H](Cc1c[nH]c2ccccc12)NC(=O)[C@@H](Cc1cccc2ccccc12)NC(=O)C(N)C(C)C. The molecule has 4 aromatic rings. The summed E-state index contributed by atoms with van der Waals surface area (Å²) in [5, 5.41) is 11.7. The largest absolute Gasteiger partial charge is 0.361 e. The van der Waals surface area contributed by atoms with Gasteiger partial charge in [0.1, 0.15) is 12.2 Å². The van der Waals surface area contributed by atoms with E-state index in [-0.39, 0.29) is 18.2 Å². The highest BCUT2D eigenvalue weighted by molar-refractivity contribution is 5.92. The van der Waals surface area contributed by atoms with Crippen LogP contribution >= 0.6 is 0 Å². The molecule has 0 aliphatic carbocycles. The van der Waals surface area contributed by atoms with Gasteiger partial charge in [0.05, 0.1) is 6.04 Å². The van der Waals surface area contributed by atoms with Crippen LogP contribution in [0.5, 0.6) is 0 Å². The predicted molar refractivity (Wildman–Crippen MR) is 150 cm³/mol. The van der Waals surface area contributed by atoms with Crippen LogP contribution < -0.4 is 21.7 Å². The van der Waals surface area contributed by atoms with E-state index in [4.69, 9.17) is 5.73 Å². The second kappa shape index (κ2) is 11.9. The van der Waals surface area contributed by atoms with Gasteiger partial charge in [-0.05, 0) is 33.9 Å². The summed E-state index contributed by atoms with van der Waals surface area (Å²) >= 11 is 0. The van der Waals surface area contributed by atoms with Gasteiger partial charge < -0.3 is 26.7 Å². The van der Waals surface area contributed by atoms with Crippen LogP contribution in [0.4, 0.5) is 0 Å². The molecule has 1 aromatic heterocycles. The van der Waals surface area contributed by atoms with Crippen LogP contribution in [-0.4, -0.2) is 41.0 Å². The quantitative estimate of drug-likeness (QED) is 0.209. The van der Waals surface area contributed by atoms with Gasteiger partial charge in [0.15, 0.2) is 0 Å². The van der Waals surface area contributed by atoms with Crippen LogP contribution in [0.25, 0.3) is 21.7 Å². The molecule has 0 aliphatic rings. The molecule has 0 aliphatic heterocycles. The van der Waals surface area contributed by atoms with Gasteiger partial charge in [0, 0.05) is 36.9 Å². The minimum absolute atomic E-state index is 0.0923. The van der Waals surface area contributed by atoms with Crippen molar-refractivity contribution in [3.63, 3.8) is 0 Å².